The molecule has 2 amide bonds. The summed E-state index contributed by atoms with van der Waals surface area (Å²) < 4.78 is 14.6. The number of carbonyl (C=O) groups is 2. The van der Waals surface area contributed by atoms with E-state index < -0.39 is 11.5 Å². The predicted octanol–water partition coefficient (Wildman–Crippen LogP) is 7.22. The molecule has 1 aliphatic carbocycles. The van der Waals surface area contributed by atoms with E-state index in [0.29, 0.717) is 23.5 Å². The van der Waals surface area contributed by atoms with Gasteiger partial charge < -0.3 is 21.4 Å². The predicted molar refractivity (Wildman–Crippen MR) is 184 cm³/mol. The number of nitrogens with two attached hydrogens (primary N) is 1. The Bertz CT molecular complexity index is 1450. The highest BCUT2D eigenvalue weighted by molar-refractivity contribution is 6.47. The van der Waals surface area contributed by atoms with Crippen molar-refractivity contribution in [2.24, 2.45) is 32.6 Å². The molecule has 1 fully saturated rings. The van der Waals surface area contributed by atoms with E-state index in [1.807, 2.05) is 17.0 Å². The second kappa shape index (κ2) is 14.1. The van der Waals surface area contributed by atoms with Gasteiger partial charge in [0.25, 0.3) is 11.8 Å². The summed E-state index contributed by atoms with van der Waals surface area (Å²) in [6.07, 6.45) is 5.97. The quantitative estimate of drug-likeness (QED) is 0.135. The number of nitrogens with zero attached hydrogens (tertiary/aromatic N) is 3. The molecule has 1 spiro atoms. The van der Waals surface area contributed by atoms with Gasteiger partial charge in [-0.2, -0.15) is 5.10 Å². The van der Waals surface area contributed by atoms with Gasteiger partial charge in [-0.1, -0.05) is 71.7 Å². The third kappa shape index (κ3) is 8.08. The number of aliphatic imine (C=N–C) groups is 1. The molecular weight excluding hydrogens is 603 g/mol. The first-order chi connectivity index (χ1) is 21.6. The fraction of sp³-hybridized carbons (Fsp3) is 0.556. The van der Waals surface area contributed by atoms with Crippen LogP contribution >= 0.6 is 11.6 Å². The summed E-state index contributed by atoms with van der Waals surface area (Å²) in [7, 11) is 1.64. The van der Waals surface area contributed by atoms with Crippen molar-refractivity contribution in [1.82, 2.24) is 15.6 Å². The Labute approximate surface area is 278 Å². The van der Waals surface area contributed by atoms with Crippen LogP contribution in [-0.4, -0.2) is 47.5 Å². The first-order valence-corrected chi connectivity index (χ1v) is 16.7. The maximum absolute atomic E-state index is 14.6. The average Bonchev–Trinajstić information content (AvgIpc) is 3.26. The number of halogens is 2. The summed E-state index contributed by atoms with van der Waals surface area (Å²) in [4.78, 5) is 34.6. The van der Waals surface area contributed by atoms with E-state index in [1.165, 1.54) is 12.1 Å². The number of carbonyl (C=O) groups excluding carboxylic acids is 2. The fourth-order valence-corrected chi connectivity index (χ4v) is 6.98. The Morgan fingerprint density at radius 1 is 1.15 bits per heavy atom. The monoisotopic (exact) mass is 652 g/mol. The van der Waals surface area contributed by atoms with Crippen LogP contribution in [0.5, 0.6) is 0 Å². The number of hydrazone groups is 1. The number of nitrogens with one attached hydrogen (secondary N) is 2. The molecule has 1 aliphatic heterocycles. The zero-order valence-electron chi connectivity index (χ0n) is 28.3. The van der Waals surface area contributed by atoms with Gasteiger partial charge in [0.15, 0.2) is 0 Å². The van der Waals surface area contributed by atoms with Crippen LogP contribution in [0.3, 0.4) is 0 Å². The van der Waals surface area contributed by atoms with Crippen LogP contribution in [0, 0.1) is 22.6 Å². The molecule has 8 nitrogen and oxygen atoms in total. The molecule has 1 saturated carbocycles. The maximum atomic E-state index is 14.6. The van der Waals surface area contributed by atoms with E-state index in [1.54, 1.807) is 25.2 Å². The number of rotatable bonds is 11. The lowest BCUT2D eigenvalue weighted by Crippen LogP contribution is -2.51. The van der Waals surface area contributed by atoms with Gasteiger partial charge >= 0.3 is 0 Å². The molecule has 2 aromatic carbocycles. The summed E-state index contributed by atoms with van der Waals surface area (Å²) in [5.41, 5.74) is 9.91. The average molecular weight is 653 g/mol. The van der Waals surface area contributed by atoms with Crippen LogP contribution in [0.2, 0.25) is 5.02 Å². The summed E-state index contributed by atoms with van der Waals surface area (Å²) in [6, 6.07) is 11.3. The zero-order chi connectivity index (χ0) is 33.9. The van der Waals surface area contributed by atoms with Gasteiger partial charge in [0.05, 0.1) is 12.6 Å². The first kappa shape index (κ1) is 35.4. The molecule has 1 unspecified atom stereocenters. The zero-order valence-corrected chi connectivity index (χ0v) is 29.1. The largest absolute Gasteiger partial charge is 0.384 e. The molecule has 0 aromatic heterocycles. The molecule has 2 aliphatic rings. The molecule has 0 saturated heterocycles. The van der Waals surface area contributed by atoms with Crippen molar-refractivity contribution in [3.63, 3.8) is 0 Å². The van der Waals surface area contributed by atoms with Crippen LogP contribution < -0.4 is 16.5 Å². The normalized spacial score (nSPS) is 21.4. The van der Waals surface area contributed by atoms with Crippen molar-refractivity contribution in [2.45, 2.75) is 98.2 Å². The van der Waals surface area contributed by atoms with Crippen molar-refractivity contribution in [3.05, 3.63) is 70.0 Å². The van der Waals surface area contributed by atoms with Gasteiger partial charge in [0, 0.05) is 23.2 Å². The lowest BCUT2D eigenvalue weighted by Gasteiger charge is -2.48. The molecule has 1 heterocycles. The van der Waals surface area contributed by atoms with Crippen LogP contribution in [-0.2, 0) is 4.79 Å². The van der Waals surface area contributed by atoms with Crippen LogP contribution in [0.1, 0.15) is 114 Å². The Kier molecular flexibility index (Phi) is 10.9. The van der Waals surface area contributed by atoms with Crippen molar-refractivity contribution >= 4 is 35.0 Å². The van der Waals surface area contributed by atoms with Crippen LogP contribution in [0.25, 0.3) is 0 Å². The van der Waals surface area contributed by atoms with E-state index in [4.69, 9.17) is 22.3 Å². The van der Waals surface area contributed by atoms with Gasteiger partial charge in [-0.3, -0.25) is 14.6 Å². The second-order valence-corrected chi connectivity index (χ2v) is 15.1. The molecule has 46 heavy (non-hydrogen) atoms. The van der Waals surface area contributed by atoms with Gasteiger partial charge in [-0.05, 0) is 91.2 Å². The Hall–Kier alpha value is -3.46. The van der Waals surface area contributed by atoms with Gasteiger partial charge in [0.1, 0.15) is 23.0 Å². The highest BCUT2D eigenvalue weighted by atomic mass is 35.5. The van der Waals surface area contributed by atoms with E-state index in [-0.39, 0.29) is 51.8 Å². The van der Waals surface area contributed by atoms with E-state index in [9.17, 15) is 14.0 Å². The lowest BCUT2D eigenvalue weighted by atomic mass is 9.67. The van der Waals surface area contributed by atoms with Gasteiger partial charge in [-0.15, -0.1) is 0 Å². The topological polar surface area (TPSA) is 112 Å². The summed E-state index contributed by atoms with van der Waals surface area (Å²) in [5, 5.41) is 6.88. The molecule has 10 heteroatoms. The summed E-state index contributed by atoms with van der Waals surface area (Å²) in [6.45, 7) is 13.6. The number of benzene rings is 2. The molecule has 0 bridgehead atoms. The number of amides is 2. The van der Waals surface area contributed by atoms with Crippen molar-refractivity contribution < 1.29 is 14.0 Å². The number of amidine groups is 1. The molecule has 2 aromatic rings. The second-order valence-electron chi connectivity index (χ2n) is 14.6. The van der Waals surface area contributed by atoms with Crippen LogP contribution in [0.15, 0.2) is 52.6 Å². The summed E-state index contributed by atoms with van der Waals surface area (Å²) in [5.74, 6) is -0.210. The van der Waals surface area contributed by atoms with Crippen molar-refractivity contribution in [2.75, 3.05) is 13.6 Å². The van der Waals surface area contributed by atoms with Gasteiger partial charge in [0.2, 0.25) is 0 Å². The molecule has 1 atom stereocenters. The Balaban J connectivity index is 1.74. The van der Waals surface area contributed by atoms with E-state index in [2.05, 4.69) is 57.4 Å². The minimum Gasteiger partial charge on any atom is -0.384 e. The lowest BCUT2D eigenvalue weighted by molar-refractivity contribution is -0.134. The Morgan fingerprint density at radius 3 is 2.37 bits per heavy atom. The molecule has 0 radical (unpaired) electrons. The highest BCUT2D eigenvalue weighted by Crippen LogP contribution is 2.51. The molecule has 4 rings (SSSR count). The SMILES string of the molecule is CCC(C)(C)C1CCC2(CC1)N=C(c1cc(F)cc(Cl)c1)C(=O)N2C(CCC(C)(C)C)c1ccc(C(=O)NC/C(N)=N/NC)cc1. The third-order valence-corrected chi connectivity index (χ3v) is 10.1. The fourth-order valence-electron chi connectivity index (χ4n) is 6.75. The van der Waals surface area contributed by atoms with Crippen molar-refractivity contribution in [3.8, 4) is 0 Å². The van der Waals surface area contributed by atoms with Crippen LogP contribution in [0.4, 0.5) is 4.39 Å². The molecular formula is C36H50ClFN6O2. The number of hydrogen-bond acceptors (Lipinski definition) is 5. The maximum Gasteiger partial charge on any atom is 0.275 e. The molecule has 4 N–H and O–H groups in total. The first-order valence-electron chi connectivity index (χ1n) is 16.4. The smallest absolute Gasteiger partial charge is 0.275 e. The highest BCUT2D eigenvalue weighted by Gasteiger charge is 2.53. The standard InChI is InChI=1S/C36H50ClFN6O2/c1-8-35(5,6)26-13-17-36(18-14-26)42-31(25-19-27(37)21-28(38)20-25)33(46)44(36)29(15-16-34(2,3)4)23-9-11-24(12-10-23)32(45)41-22-30(39)43-40-7/h9-12,19-21,26,29,40H,8,13-18,22H2,1-7H3,(H2,39,43)(H,41,45). The molecule has 250 valence electrons. The number of hydrogen-bond donors (Lipinski definition) is 3. The van der Waals surface area contributed by atoms with Gasteiger partial charge in [-0.25, -0.2) is 4.39 Å². The Morgan fingerprint density at radius 2 is 1.80 bits per heavy atom. The summed E-state index contributed by atoms with van der Waals surface area (Å²) >= 11 is 6.26. The minimum atomic E-state index is -0.756. The third-order valence-electron chi connectivity index (χ3n) is 9.85. The minimum absolute atomic E-state index is 0.0193. The van der Waals surface area contributed by atoms with E-state index in [0.717, 1.165) is 44.1 Å². The van der Waals surface area contributed by atoms with Crippen molar-refractivity contribution in [1.29, 1.82) is 0 Å². The van der Waals surface area contributed by atoms with E-state index >= 15 is 0 Å².